The van der Waals surface area contributed by atoms with E-state index in [2.05, 4.69) is 36.4 Å². The molecule has 3 aromatic carbocycles. The molecule has 23 heavy (non-hydrogen) atoms. The van der Waals surface area contributed by atoms with Crippen LogP contribution < -0.4 is 5.56 Å². The quantitative estimate of drug-likeness (QED) is 0.499. The fourth-order valence-electron chi connectivity index (χ4n) is 3.24. The van der Waals surface area contributed by atoms with E-state index in [0.29, 0.717) is 6.54 Å². The predicted molar refractivity (Wildman–Crippen MR) is 96.0 cm³/mol. The summed E-state index contributed by atoms with van der Waals surface area (Å²) in [6.45, 7) is 2.59. The Hall–Kier alpha value is -2.87. The number of aryl methyl sites for hydroxylation is 1. The Labute approximate surface area is 134 Å². The van der Waals surface area contributed by atoms with Crippen molar-refractivity contribution in [3.8, 4) is 0 Å². The lowest BCUT2D eigenvalue weighted by atomic mass is 10.0. The van der Waals surface area contributed by atoms with Gasteiger partial charge >= 0.3 is 0 Å². The minimum Gasteiger partial charge on any atom is -0.303 e. The Morgan fingerprint density at radius 1 is 0.826 bits per heavy atom. The lowest BCUT2D eigenvalue weighted by Gasteiger charge is -2.14. The third-order valence-electron chi connectivity index (χ3n) is 4.38. The highest BCUT2D eigenvalue weighted by molar-refractivity contribution is 6.06. The molecule has 0 bridgehead atoms. The molecule has 112 valence electrons. The predicted octanol–water partition coefficient (Wildman–Crippen LogP) is 4.51. The zero-order valence-electron chi connectivity index (χ0n) is 13.0. The Bertz CT molecular complexity index is 1060. The SMILES string of the molecule is Cc1cc(=O)n(Cc2ccccc2)c2c1ccc1ccccc12. The molecular formula is C21H17NO. The largest absolute Gasteiger partial charge is 0.303 e. The number of fused-ring (bicyclic) bond motifs is 3. The van der Waals surface area contributed by atoms with Crippen molar-refractivity contribution in [2.45, 2.75) is 13.5 Å². The third kappa shape index (κ3) is 2.33. The second-order valence-electron chi connectivity index (χ2n) is 5.92. The summed E-state index contributed by atoms with van der Waals surface area (Å²) < 4.78 is 1.89. The molecule has 0 saturated heterocycles. The van der Waals surface area contributed by atoms with Crippen LogP contribution >= 0.6 is 0 Å². The molecule has 0 aliphatic heterocycles. The van der Waals surface area contributed by atoms with Gasteiger partial charge in [-0.05, 0) is 23.4 Å². The van der Waals surface area contributed by atoms with Crippen LogP contribution in [0, 0.1) is 6.92 Å². The van der Waals surface area contributed by atoms with Crippen molar-refractivity contribution in [1.82, 2.24) is 4.57 Å². The second kappa shape index (κ2) is 5.40. The van der Waals surface area contributed by atoms with Crippen molar-refractivity contribution in [1.29, 1.82) is 0 Å². The highest BCUT2D eigenvalue weighted by atomic mass is 16.1. The molecule has 0 aliphatic carbocycles. The number of pyridine rings is 1. The van der Waals surface area contributed by atoms with Crippen molar-refractivity contribution >= 4 is 21.7 Å². The lowest BCUT2D eigenvalue weighted by Crippen LogP contribution is -2.21. The van der Waals surface area contributed by atoms with Crippen molar-refractivity contribution in [3.05, 3.63) is 94.3 Å². The van der Waals surface area contributed by atoms with Crippen molar-refractivity contribution in [2.75, 3.05) is 0 Å². The molecular weight excluding hydrogens is 282 g/mol. The molecule has 4 rings (SSSR count). The fourth-order valence-corrected chi connectivity index (χ4v) is 3.24. The molecule has 1 aromatic heterocycles. The first-order valence-corrected chi connectivity index (χ1v) is 7.80. The zero-order valence-corrected chi connectivity index (χ0v) is 13.0. The summed E-state index contributed by atoms with van der Waals surface area (Å²) in [6.07, 6.45) is 0. The minimum atomic E-state index is 0.0511. The number of aromatic nitrogens is 1. The molecule has 0 radical (unpaired) electrons. The molecule has 4 aromatic rings. The van der Waals surface area contributed by atoms with Gasteiger partial charge in [-0.15, -0.1) is 0 Å². The van der Waals surface area contributed by atoms with Gasteiger partial charge in [0.1, 0.15) is 0 Å². The number of nitrogens with zero attached hydrogens (tertiary/aromatic N) is 1. The normalized spacial score (nSPS) is 11.2. The van der Waals surface area contributed by atoms with Gasteiger partial charge < -0.3 is 4.57 Å². The van der Waals surface area contributed by atoms with E-state index >= 15 is 0 Å². The molecule has 0 spiro atoms. The lowest BCUT2D eigenvalue weighted by molar-refractivity contribution is 0.796. The van der Waals surface area contributed by atoms with Crippen LogP contribution in [0.2, 0.25) is 0 Å². The standard InChI is InChI=1S/C21H17NO/c1-15-13-20(23)22(14-16-7-3-2-4-8-16)21-18(15)12-11-17-9-5-6-10-19(17)21/h2-13H,14H2,1H3. The molecule has 1 heterocycles. The van der Waals surface area contributed by atoms with Crippen molar-refractivity contribution in [2.24, 2.45) is 0 Å². The molecule has 2 heteroatoms. The summed E-state index contributed by atoms with van der Waals surface area (Å²) in [5.41, 5.74) is 3.24. The van der Waals surface area contributed by atoms with E-state index in [1.165, 1.54) is 0 Å². The van der Waals surface area contributed by atoms with E-state index < -0.39 is 0 Å². The minimum absolute atomic E-state index is 0.0511. The van der Waals surface area contributed by atoms with Gasteiger partial charge in [0.15, 0.2) is 0 Å². The number of rotatable bonds is 2. The van der Waals surface area contributed by atoms with E-state index in [-0.39, 0.29) is 5.56 Å². The van der Waals surface area contributed by atoms with Gasteiger partial charge in [0, 0.05) is 16.8 Å². The summed E-state index contributed by atoms with van der Waals surface area (Å²) in [7, 11) is 0. The van der Waals surface area contributed by atoms with E-state index in [4.69, 9.17) is 0 Å². The van der Waals surface area contributed by atoms with Crippen molar-refractivity contribution in [3.63, 3.8) is 0 Å². The average molecular weight is 299 g/mol. The summed E-state index contributed by atoms with van der Waals surface area (Å²) >= 11 is 0. The highest BCUT2D eigenvalue weighted by Gasteiger charge is 2.10. The highest BCUT2D eigenvalue weighted by Crippen LogP contribution is 2.26. The maximum atomic E-state index is 12.7. The van der Waals surface area contributed by atoms with Crippen LogP contribution in [-0.4, -0.2) is 4.57 Å². The van der Waals surface area contributed by atoms with Gasteiger partial charge in [-0.3, -0.25) is 4.79 Å². The number of hydrogen-bond donors (Lipinski definition) is 0. The topological polar surface area (TPSA) is 22.0 Å². The maximum absolute atomic E-state index is 12.7. The van der Waals surface area contributed by atoms with Crippen LogP contribution in [0.25, 0.3) is 21.7 Å². The Morgan fingerprint density at radius 3 is 2.39 bits per heavy atom. The number of benzene rings is 3. The van der Waals surface area contributed by atoms with Gasteiger partial charge in [-0.1, -0.05) is 66.7 Å². The first-order valence-electron chi connectivity index (χ1n) is 7.80. The summed E-state index contributed by atoms with van der Waals surface area (Å²) in [5.74, 6) is 0. The molecule has 0 aliphatic rings. The van der Waals surface area contributed by atoms with Gasteiger partial charge in [-0.2, -0.15) is 0 Å². The van der Waals surface area contributed by atoms with Crippen LogP contribution in [0.15, 0.2) is 77.6 Å². The van der Waals surface area contributed by atoms with Crippen LogP contribution in [0.5, 0.6) is 0 Å². The van der Waals surface area contributed by atoms with Gasteiger partial charge in [0.2, 0.25) is 0 Å². The fraction of sp³-hybridized carbons (Fsp3) is 0.0952. The molecule has 0 atom stereocenters. The van der Waals surface area contributed by atoms with E-state index in [9.17, 15) is 4.79 Å². The smallest absolute Gasteiger partial charge is 0.251 e. The van der Waals surface area contributed by atoms with Crippen LogP contribution in [0.1, 0.15) is 11.1 Å². The monoisotopic (exact) mass is 299 g/mol. The zero-order chi connectivity index (χ0) is 15.8. The van der Waals surface area contributed by atoms with Crippen LogP contribution in [0.3, 0.4) is 0 Å². The van der Waals surface area contributed by atoms with Gasteiger partial charge in [-0.25, -0.2) is 0 Å². The summed E-state index contributed by atoms with van der Waals surface area (Å²) in [4.78, 5) is 12.7. The summed E-state index contributed by atoms with van der Waals surface area (Å²) in [5, 5.41) is 3.42. The van der Waals surface area contributed by atoms with Gasteiger partial charge in [0.25, 0.3) is 5.56 Å². The summed E-state index contributed by atoms with van der Waals surface area (Å²) in [6, 6.07) is 24.4. The second-order valence-corrected chi connectivity index (χ2v) is 5.92. The molecule has 0 saturated carbocycles. The Kier molecular flexibility index (Phi) is 3.23. The molecule has 0 amide bonds. The molecule has 0 N–H and O–H groups in total. The molecule has 2 nitrogen and oxygen atoms in total. The number of hydrogen-bond acceptors (Lipinski definition) is 1. The average Bonchev–Trinajstić information content (AvgIpc) is 2.59. The van der Waals surface area contributed by atoms with Gasteiger partial charge in [0.05, 0.1) is 12.1 Å². The third-order valence-corrected chi connectivity index (χ3v) is 4.38. The van der Waals surface area contributed by atoms with E-state index in [0.717, 1.165) is 32.8 Å². The molecule has 0 unspecified atom stereocenters. The van der Waals surface area contributed by atoms with E-state index in [1.54, 1.807) is 6.07 Å². The Balaban J connectivity index is 2.09. The first kappa shape index (κ1) is 13.8. The molecule has 0 fully saturated rings. The van der Waals surface area contributed by atoms with Crippen LogP contribution in [-0.2, 0) is 6.54 Å². The maximum Gasteiger partial charge on any atom is 0.251 e. The van der Waals surface area contributed by atoms with Crippen LogP contribution in [0.4, 0.5) is 0 Å². The Morgan fingerprint density at radius 2 is 1.57 bits per heavy atom. The van der Waals surface area contributed by atoms with E-state index in [1.807, 2.05) is 41.8 Å². The van der Waals surface area contributed by atoms with Crippen molar-refractivity contribution < 1.29 is 0 Å². The first-order chi connectivity index (χ1) is 11.2.